The molecule has 216 valence electrons. The molecule has 0 spiro atoms. The number of amides is 1. The molecule has 1 aliphatic rings. The number of nitrogens with one attached hydrogen (secondary N) is 1. The van der Waals surface area contributed by atoms with Crippen molar-refractivity contribution in [2.24, 2.45) is 0 Å². The van der Waals surface area contributed by atoms with E-state index in [0.717, 1.165) is 23.4 Å². The average molecular weight is 587 g/mol. The summed E-state index contributed by atoms with van der Waals surface area (Å²) in [5.74, 6) is -0.371. The number of halogens is 3. The van der Waals surface area contributed by atoms with Gasteiger partial charge in [0.15, 0.2) is 9.84 Å². The smallest absolute Gasteiger partial charge is 0.394 e. The monoisotopic (exact) mass is 586 g/mol. The number of aromatic nitrogens is 1. The normalized spacial score (nSPS) is 16.0. The second-order valence-corrected chi connectivity index (χ2v) is 12.1. The number of rotatable bonds is 8. The average Bonchev–Trinajstić information content (AvgIpc) is 2.98. The maximum atomic E-state index is 13.2. The third-order valence-corrected chi connectivity index (χ3v) is 9.01. The Morgan fingerprint density at radius 2 is 1.90 bits per heavy atom. The molecule has 0 radical (unpaired) electrons. The van der Waals surface area contributed by atoms with E-state index in [0.29, 0.717) is 24.1 Å². The van der Waals surface area contributed by atoms with E-state index in [1.54, 1.807) is 36.1 Å². The number of nitriles is 1. The summed E-state index contributed by atoms with van der Waals surface area (Å²) in [6.07, 6.45) is -3.19. The fourth-order valence-corrected chi connectivity index (χ4v) is 5.81. The van der Waals surface area contributed by atoms with Crippen LogP contribution in [0.2, 0.25) is 0 Å². The number of alkyl halides is 3. The van der Waals surface area contributed by atoms with Gasteiger partial charge in [-0.3, -0.25) is 4.79 Å². The Balaban J connectivity index is 1.59. The van der Waals surface area contributed by atoms with Crippen molar-refractivity contribution < 1.29 is 31.5 Å². The van der Waals surface area contributed by atoms with Gasteiger partial charge < -0.3 is 15.3 Å². The third kappa shape index (κ3) is 6.36. The molecule has 4 rings (SSSR count). The van der Waals surface area contributed by atoms with Gasteiger partial charge in [-0.15, -0.1) is 0 Å². The summed E-state index contributed by atoms with van der Waals surface area (Å²) in [7, 11) is -3.39. The van der Waals surface area contributed by atoms with E-state index in [1.165, 1.54) is 12.1 Å². The van der Waals surface area contributed by atoms with Gasteiger partial charge in [0.2, 0.25) is 0 Å². The molecule has 0 aliphatic carbocycles. The van der Waals surface area contributed by atoms with Crippen LogP contribution >= 0.6 is 0 Å². The highest BCUT2D eigenvalue weighted by molar-refractivity contribution is 7.91. The highest BCUT2D eigenvalue weighted by Crippen LogP contribution is 2.36. The first-order valence-electron chi connectivity index (χ1n) is 13.0. The highest BCUT2D eigenvalue weighted by Gasteiger charge is 2.33. The summed E-state index contributed by atoms with van der Waals surface area (Å²) in [5.41, 5.74) is 1.43. The Hall–Kier alpha value is -3.95. The number of aliphatic hydroxyl groups is 1. The Bertz CT molecular complexity index is 1590. The van der Waals surface area contributed by atoms with Crippen molar-refractivity contribution in [2.45, 2.75) is 49.8 Å². The maximum Gasteiger partial charge on any atom is 0.417 e. The minimum Gasteiger partial charge on any atom is -0.394 e. The highest BCUT2D eigenvalue weighted by atomic mass is 32.2. The number of nitrogens with zero attached hydrogens (tertiary/aromatic N) is 3. The van der Waals surface area contributed by atoms with E-state index < -0.39 is 40.1 Å². The molecule has 8 nitrogen and oxygen atoms in total. The number of carbonyl (C=O) groups is 1. The fraction of sp³-hybridized carbons (Fsp3) is 0.345. The first kappa shape index (κ1) is 30.0. The molecule has 2 N–H and O–H groups in total. The molecule has 1 aromatic heterocycles. The van der Waals surface area contributed by atoms with Crippen LogP contribution < -0.4 is 10.2 Å². The quantitative estimate of drug-likeness (QED) is 0.391. The SMILES string of the molecule is CCC1CN(c2ncc(C(F)(F)F)cc2C#N)Cc2cc(C(=O)NC(CO)c3ccc(S(=O)(=O)CC)cc3)ccc21. The van der Waals surface area contributed by atoms with Crippen LogP contribution in [-0.4, -0.2) is 43.3 Å². The minimum atomic E-state index is -4.62. The molecule has 3 aromatic rings. The molecule has 2 unspecified atom stereocenters. The van der Waals surface area contributed by atoms with Crippen LogP contribution in [0.1, 0.15) is 70.4 Å². The van der Waals surface area contributed by atoms with E-state index >= 15 is 0 Å². The summed E-state index contributed by atoms with van der Waals surface area (Å²) in [5, 5.41) is 22.3. The number of sulfone groups is 1. The van der Waals surface area contributed by atoms with E-state index in [9.17, 15) is 36.8 Å². The van der Waals surface area contributed by atoms with E-state index in [1.807, 2.05) is 19.1 Å². The lowest BCUT2D eigenvalue weighted by Gasteiger charge is -2.36. The van der Waals surface area contributed by atoms with E-state index in [-0.39, 0.29) is 34.5 Å². The van der Waals surface area contributed by atoms with Crippen molar-refractivity contribution in [1.82, 2.24) is 10.3 Å². The molecule has 1 amide bonds. The second-order valence-electron chi connectivity index (χ2n) is 9.79. The molecular weight excluding hydrogens is 557 g/mol. The molecule has 2 heterocycles. The summed E-state index contributed by atoms with van der Waals surface area (Å²) in [4.78, 5) is 19.1. The molecule has 0 saturated heterocycles. The van der Waals surface area contributed by atoms with Gasteiger partial charge in [0, 0.05) is 30.8 Å². The number of hydrogen-bond acceptors (Lipinski definition) is 7. The molecule has 0 fully saturated rings. The summed E-state index contributed by atoms with van der Waals surface area (Å²) in [6, 6.07) is 13.0. The molecule has 2 aromatic carbocycles. The Labute approximate surface area is 236 Å². The zero-order valence-corrected chi connectivity index (χ0v) is 23.3. The van der Waals surface area contributed by atoms with Crippen molar-refractivity contribution in [1.29, 1.82) is 5.26 Å². The number of aliphatic hydroxyl groups excluding tert-OH is 1. The zero-order valence-electron chi connectivity index (χ0n) is 22.4. The van der Waals surface area contributed by atoms with Crippen molar-refractivity contribution in [3.05, 3.63) is 88.1 Å². The number of carbonyl (C=O) groups excluding carboxylic acids is 1. The molecule has 1 aliphatic heterocycles. The Morgan fingerprint density at radius 3 is 2.49 bits per heavy atom. The Kier molecular flexibility index (Phi) is 8.70. The summed E-state index contributed by atoms with van der Waals surface area (Å²) < 4.78 is 63.7. The number of pyridine rings is 1. The minimum absolute atomic E-state index is 0.00500. The molecule has 2 atom stereocenters. The van der Waals surface area contributed by atoms with Gasteiger partial charge in [0.05, 0.1) is 34.4 Å². The largest absolute Gasteiger partial charge is 0.417 e. The summed E-state index contributed by atoms with van der Waals surface area (Å²) >= 11 is 0. The van der Waals surface area contributed by atoms with Gasteiger partial charge in [-0.05, 0) is 53.4 Å². The zero-order chi connectivity index (χ0) is 29.9. The molecule has 0 bridgehead atoms. The molecular formula is C29H29F3N4O4S. The Morgan fingerprint density at radius 1 is 1.20 bits per heavy atom. The molecule has 0 saturated carbocycles. The fourth-order valence-electron chi connectivity index (χ4n) is 4.92. The predicted molar refractivity (Wildman–Crippen MR) is 146 cm³/mol. The topological polar surface area (TPSA) is 123 Å². The third-order valence-electron chi connectivity index (χ3n) is 7.26. The lowest BCUT2D eigenvalue weighted by atomic mass is 9.86. The van der Waals surface area contributed by atoms with Crippen LogP contribution in [-0.2, 0) is 22.6 Å². The van der Waals surface area contributed by atoms with Gasteiger partial charge in [0.1, 0.15) is 11.9 Å². The van der Waals surface area contributed by atoms with Crippen LogP contribution in [0.25, 0.3) is 0 Å². The number of hydrogen-bond donors (Lipinski definition) is 2. The van der Waals surface area contributed by atoms with Crippen LogP contribution in [0.15, 0.2) is 59.6 Å². The number of benzene rings is 2. The van der Waals surface area contributed by atoms with Crippen LogP contribution in [0.5, 0.6) is 0 Å². The standard InChI is InChI=1S/C29H29F3N4O4S/c1-3-18-15-36(27-21(13-33)12-23(14-34-27)29(30,31)32)16-22-11-20(7-10-25(18)22)28(38)35-26(17-37)19-5-8-24(9-6-19)41(39,40)4-2/h5-12,14,18,26,37H,3-4,15-17H2,1-2H3,(H,35,38). The van der Waals surface area contributed by atoms with Gasteiger partial charge in [0.25, 0.3) is 5.91 Å². The van der Waals surface area contributed by atoms with Gasteiger partial charge >= 0.3 is 6.18 Å². The second kappa shape index (κ2) is 11.9. The van der Waals surface area contributed by atoms with Crippen LogP contribution in [0.3, 0.4) is 0 Å². The van der Waals surface area contributed by atoms with Gasteiger partial charge in [-0.2, -0.15) is 18.4 Å². The number of anilines is 1. The lowest BCUT2D eigenvalue weighted by Crippen LogP contribution is -2.35. The van der Waals surface area contributed by atoms with Gasteiger partial charge in [-0.1, -0.05) is 32.0 Å². The number of fused-ring (bicyclic) bond motifs is 1. The maximum absolute atomic E-state index is 13.2. The van der Waals surface area contributed by atoms with Gasteiger partial charge in [-0.25, -0.2) is 13.4 Å². The first-order chi connectivity index (χ1) is 19.4. The van der Waals surface area contributed by atoms with Crippen molar-refractivity contribution in [2.75, 3.05) is 23.8 Å². The summed E-state index contributed by atoms with van der Waals surface area (Å²) in [6.45, 7) is 3.78. The van der Waals surface area contributed by atoms with Crippen molar-refractivity contribution in [3.63, 3.8) is 0 Å². The first-order valence-corrected chi connectivity index (χ1v) is 14.7. The van der Waals surface area contributed by atoms with Crippen molar-refractivity contribution in [3.8, 4) is 6.07 Å². The predicted octanol–water partition coefficient (Wildman–Crippen LogP) is 4.74. The molecule has 12 heteroatoms. The van der Waals surface area contributed by atoms with E-state index in [2.05, 4.69) is 10.3 Å². The van der Waals surface area contributed by atoms with E-state index in [4.69, 9.17) is 0 Å². The van der Waals surface area contributed by atoms with Crippen LogP contribution in [0, 0.1) is 11.3 Å². The van der Waals surface area contributed by atoms with Crippen LogP contribution in [0.4, 0.5) is 19.0 Å². The lowest BCUT2D eigenvalue weighted by molar-refractivity contribution is -0.137. The molecule has 41 heavy (non-hydrogen) atoms. The van der Waals surface area contributed by atoms with Crippen molar-refractivity contribution >= 4 is 21.6 Å².